The zero-order valence-electron chi connectivity index (χ0n) is 23.8. The highest BCUT2D eigenvalue weighted by Gasteiger charge is 2.23. The van der Waals surface area contributed by atoms with Crippen LogP contribution in [0.4, 0.5) is 14.9 Å². The van der Waals surface area contributed by atoms with Crippen LogP contribution in [0.15, 0.2) is 45.6 Å². The highest BCUT2D eigenvalue weighted by Crippen LogP contribution is 2.28. The first-order valence-corrected chi connectivity index (χ1v) is 14.8. The second-order valence-corrected chi connectivity index (χ2v) is 11.8. The Kier molecular flexibility index (Phi) is 9.49. The Morgan fingerprint density at radius 3 is 2.50 bits per heavy atom. The molecule has 2 aromatic carbocycles. The summed E-state index contributed by atoms with van der Waals surface area (Å²) in [5, 5.41) is 4.03. The molecule has 0 unspecified atom stereocenters. The van der Waals surface area contributed by atoms with Gasteiger partial charge in [0.05, 0.1) is 5.69 Å². The number of nitrogens with one attached hydrogen (secondary N) is 3. The van der Waals surface area contributed by atoms with E-state index in [0.717, 1.165) is 12.8 Å². The van der Waals surface area contributed by atoms with Crippen molar-refractivity contribution in [1.82, 2.24) is 19.8 Å². The van der Waals surface area contributed by atoms with Gasteiger partial charge >= 0.3 is 11.7 Å². The molecule has 0 spiro atoms. The summed E-state index contributed by atoms with van der Waals surface area (Å²) in [6.07, 6.45) is 0.676. The highest BCUT2D eigenvalue weighted by atomic mass is 32.2. The Morgan fingerprint density at radius 1 is 1.14 bits per heavy atom. The predicted octanol–water partition coefficient (Wildman–Crippen LogP) is 2.56. The van der Waals surface area contributed by atoms with Crippen molar-refractivity contribution in [3.05, 3.63) is 69.3 Å². The number of carbonyl (C=O) groups is 2. The van der Waals surface area contributed by atoms with Gasteiger partial charge < -0.3 is 24.3 Å². The number of benzene rings is 2. The number of likely N-dealkylation sites (tertiary alicyclic amines) is 1. The van der Waals surface area contributed by atoms with E-state index in [1.54, 1.807) is 17.0 Å². The first-order valence-electron chi connectivity index (χ1n) is 13.3. The SMILES string of the molecule is CNS(=O)(=O)Nc1cccc(Cc2c(CNC3CCN(C(C)=O)CC3)c3ccc(OC(=O)N(C)C)cc3oc2=O)c1F. The summed E-state index contributed by atoms with van der Waals surface area (Å²) in [7, 11) is 0.303. The number of fused-ring (bicyclic) bond motifs is 1. The maximum Gasteiger partial charge on any atom is 0.414 e. The van der Waals surface area contributed by atoms with Gasteiger partial charge in [-0.25, -0.2) is 18.7 Å². The average Bonchev–Trinajstić information content (AvgIpc) is 2.94. The number of amides is 2. The number of piperidine rings is 1. The maximum absolute atomic E-state index is 15.4. The van der Waals surface area contributed by atoms with Crippen LogP contribution in [0, 0.1) is 5.82 Å². The van der Waals surface area contributed by atoms with Gasteiger partial charge in [-0.1, -0.05) is 12.1 Å². The van der Waals surface area contributed by atoms with Gasteiger partial charge in [0.15, 0.2) is 5.82 Å². The number of ether oxygens (including phenoxy) is 1. The van der Waals surface area contributed by atoms with E-state index in [2.05, 4.69) is 14.8 Å². The zero-order chi connectivity index (χ0) is 30.6. The van der Waals surface area contributed by atoms with E-state index in [1.807, 2.05) is 0 Å². The molecule has 0 bridgehead atoms. The van der Waals surface area contributed by atoms with E-state index in [0.29, 0.717) is 24.0 Å². The van der Waals surface area contributed by atoms with Crippen LogP contribution in [-0.4, -0.2) is 70.5 Å². The van der Waals surface area contributed by atoms with Crippen molar-refractivity contribution in [2.75, 3.05) is 39.0 Å². The minimum atomic E-state index is -3.97. The largest absolute Gasteiger partial charge is 0.422 e. The fraction of sp³-hybridized carbons (Fsp3) is 0.393. The molecule has 0 radical (unpaired) electrons. The molecule has 0 atom stereocenters. The van der Waals surface area contributed by atoms with Crippen molar-refractivity contribution in [1.29, 1.82) is 0 Å². The standard InChI is InChI=1S/C28H34FN5O7S/c1-17(35)34-12-10-19(11-13-34)31-16-23-21-9-8-20(40-28(37)33(3)4)15-25(21)41-27(36)22(23)14-18-6-5-7-24(26(18)29)32-42(38,39)30-2/h5-9,15,19,30-32H,10-14,16H2,1-4H3. The quantitative estimate of drug-likeness (QED) is 0.316. The average molecular weight is 604 g/mol. The number of halogens is 1. The van der Waals surface area contributed by atoms with Gasteiger partial charge in [-0.05, 0) is 42.2 Å². The molecule has 1 aliphatic rings. The maximum atomic E-state index is 15.4. The third-order valence-corrected chi connectivity index (χ3v) is 8.15. The lowest BCUT2D eigenvalue weighted by Gasteiger charge is -2.32. The number of anilines is 1. The number of carbonyl (C=O) groups excluding carboxylic acids is 2. The van der Waals surface area contributed by atoms with E-state index in [4.69, 9.17) is 9.15 Å². The molecular weight excluding hydrogens is 569 g/mol. The van der Waals surface area contributed by atoms with Crippen molar-refractivity contribution in [2.24, 2.45) is 0 Å². The molecule has 14 heteroatoms. The lowest BCUT2D eigenvalue weighted by molar-refractivity contribution is -0.129. The van der Waals surface area contributed by atoms with Gasteiger partial charge in [0.2, 0.25) is 5.91 Å². The molecular formula is C28H34FN5O7S. The van der Waals surface area contributed by atoms with Crippen molar-refractivity contribution in [3.8, 4) is 5.75 Å². The molecule has 1 aromatic heterocycles. The molecule has 2 amide bonds. The van der Waals surface area contributed by atoms with Crippen LogP contribution in [0.2, 0.25) is 0 Å². The normalized spacial score (nSPS) is 14.2. The van der Waals surface area contributed by atoms with Crippen molar-refractivity contribution in [3.63, 3.8) is 0 Å². The van der Waals surface area contributed by atoms with Crippen molar-refractivity contribution in [2.45, 2.75) is 38.8 Å². The second kappa shape index (κ2) is 12.9. The topological polar surface area (TPSA) is 150 Å². The smallest absolute Gasteiger partial charge is 0.414 e. The Morgan fingerprint density at radius 2 is 1.86 bits per heavy atom. The molecule has 3 N–H and O–H groups in total. The molecule has 4 rings (SSSR count). The lowest BCUT2D eigenvalue weighted by Crippen LogP contribution is -2.44. The highest BCUT2D eigenvalue weighted by molar-refractivity contribution is 7.90. The summed E-state index contributed by atoms with van der Waals surface area (Å²) in [4.78, 5) is 40.1. The van der Waals surface area contributed by atoms with Gasteiger partial charge in [0, 0.05) is 77.2 Å². The molecule has 1 aliphatic heterocycles. The van der Waals surface area contributed by atoms with Crippen LogP contribution in [0.25, 0.3) is 11.0 Å². The summed E-state index contributed by atoms with van der Waals surface area (Å²) in [6, 6.07) is 9.01. The molecule has 1 fully saturated rings. The Bertz CT molecular complexity index is 1650. The lowest BCUT2D eigenvalue weighted by atomic mass is 9.97. The summed E-state index contributed by atoms with van der Waals surface area (Å²) in [5.41, 5.74) is 0.0688. The molecule has 12 nitrogen and oxygen atoms in total. The van der Waals surface area contributed by atoms with Gasteiger partial charge in [-0.2, -0.15) is 8.42 Å². The van der Waals surface area contributed by atoms with Crippen LogP contribution in [0.3, 0.4) is 0 Å². The van der Waals surface area contributed by atoms with Crippen LogP contribution in [-0.2, 0) is 28.0 Å². The van der Waals surface area contributed by atoms with Crippen LogP contribution >= 0.6 is 0 Å². The first-order chi connectivity index (χ1) is 19.9. The fourth-order valence-corrected chi connectivity index (χ4v) is 5.30. The first kappa shape index (κ1) is 30.9. The minimum absolute atomic E-state index is 0.0226. The summed E-state index contributed by atoms with van der Waals surface area (Å²) in [6.45, 7) is 3.00. The van der Waals surface area contributed by atoms with Crippen LogP contribution in [0.5, 0.6) is 5.75 Å². The summed E-state index contributed by atoms with van der Waals surface area (Å²) >= 11 is 0. The van der Waals surface area contributed by atoms with Crippen LogP contribution < -0.4 is 25.1 Å². The second-order valence-electron chi connectivity index (χ2n) is 10.2. The number of rotatable bonds is 9. The minimum Gasteiger partial charge on any atom is -0.422 e. The van der Waals surface area contributed by atoms with Crippen LogP contribution in [0.1, 0.15) is 36.5 Å². The molecule has 42 heavy (non-hydrogen) atoms. The van der Waals surface area contributed by atoms with Gasteiger partial charge in [-0.15, -0.1) is 0 Å². The van der Waals surface area contributed by atoms with E-state index >= 15 is 4.39 Å². The zero-order valence-corrected chi connectivity index (χ0v) is 24.6. The monoisotopic (exact) mass is 603 g/mol. The molecule has 226 valence electrons. The molecule has 0 saturated carbocycles. The Hall–Kier alpha value is -4.01. The summed E-state index contributed by atoms with van der Waals surface area (Å²) < 4.78 is 54.5. The molecule has 0 aliphatic carbocycles. The third kappa shape index (κ3) is 7.24. The molecule has 1 saturated heterocycles. The van der Waals surface area contributed by atoms with E-state index < -0.39 is 27.7 Å². The van der Waals surface area contributed by atoms with Crippen molar-refractivity contribution < 1.29 is 31.6 Å². The Balaban J connectivity index is 1.71. The van der Waals surface area contributed by atoms with Crippen molar-refractivity contribution >= 4 is 38.9 Å². The third-order valence-electron chi connectivity index (χ3n) is 7.13. The van der Waals surface area contributed by atoms with E-state index in [-0.39, 0.29) is 53.1 Å². The fourth-order valence-electron chi connectivity index (χ4n) is 4.75. The predicted molar refractivity (Wildman–Crippen MR) is 155 cm³/mol. The van der Waals surface area contributed by atoms with E-state index in [9.17, 15) is 22.8 Å². The van der Waals surface area contributed by atoms with E-state index in [1.165, 1.54) is 57.2 Å². The Labute approximate surface area is 243 Å². The number of hydrogen-bond donors (Lipinski definition) is 3. The van der Waals surface area contributed by atoms with Gasteiger partial charge in [-0.3, -0.25) is 9.52 Å². The number of nitrogens with zero attached hydrogens (tertiary/aromatic N) is 2. The number of hydrogen-bond acceptors (Lipinski definition) is 8. The summed E-state index contributed by atoms with van der Waals surface area (Å²) in [5.74, 6) is -0.616. The van der Waals surface area contributed by atoms with Gasteiger partial charge in [0.25, 0.3) is 10.2 Å². The molecule has 3 aromatic rings. The molecule has 2 heterocycles. The van der Waals surface area contributed by atoms with Gasteiger partial charge in [0.1, 0.15) is 11.3 Å².